The van der Waals surface area contributed by atoms with Crippen LogP contribution in [0.4, 0.5) is 9.52 Å². The molecule has 30 heavy (non-hydrogen) atoms. The molecule has 2 aromatic rings. The molecule has 1 aromatic carbocycles. The van der Waals surface area contributed by atoms with Crippen molar-refractivity contribution in [1.29, 1.82) is 0 Å². The summed E-state index contributed by atoms with van der Waals surface area (Å²) in [4.78, 5) is 6.03. The lowest BCUT2D eigenvalue weighted by Gasteiger charge is -2.21. The summed E-state index contributed by atoms with van der Waals surface area (Å²) in [5, 5.41) is 4.29. The highest BCUT2D eigenvalue weighted by atomic mass is 35.5. The molecule has 2 aliphatic rings. The quantitative estimate of drug-likeness (QED) is 0.458. The van der Waals surface area contributed by atoms with Gasteiger partial charge in [-0.25, -0.2) is 9.37 Å². The maximum atomic E-state index is 14.2. The summed E-state index contributed by atoms with van der Waals surface area (Å²) in [5.74, 6) is 1.48. The lowest BCUT2D eigenvalue weighted by atomic mass is 9.95. The summed E-state index contributed by atoms with van der Waals surface area (Å²) in [5.41, 5.74) is 4.73. The molecule has 6 heteroatoms. The van der Waals surface area contributed by atoms with E-state index in [1.165, 1.54) is 12.8 Å². The first-order chi connectivity index (χ1) is 14.4. The van der Waals surface area contributed by atoms with Crippen LogP contribution in [0.5, 0.6) is 0 Å². The zero-order valence-electron chi connectivity index (χ0n) is 17.9. The smallest absolute Gasteiger partial charge is 0.183 e. The van der Waals surface area contributed by atoms with Gasteiger partial charge in [-0.1, -0.05) is 25.0 Å². The third-order valence-corrected chi connectivity index (χ3v) is 7.28. The van der Waals surface area contributed by atoms with E-state index < -0.39 is 0 Å². The minimum Gasteiger partial charge on any atom is -0.501 e. The monoisotopic (exact) mass is 446 g/mol. The van der Waals surface area contributed by atoms with Crippen molar-refractivity contribution in [3.63, 3.8) is 0 Å². The second-order valence-corrected chi connectivity index (χ2v) is 10.1. The molecule has 1 aromatic heterocycles. The van der Waals surface area contributed by atoms with Crippen LogP contribution in [0.2, 0.25) is 0 Å². The van der Waals surface area contributed by atoms with Crippen molar-refractivity contribution in [3.05, 3.63) is 63.1 Å². The molecular formula is C24H28ClFN2OS. The Morgan fingerprint density at radius 1 is 1.30 bits per heavy atom. The fourth-order valence-electron chi connectivity index (χ4n) is 3.97. The van der Waals surface area contributed by atoms with Crippen molar-refractivity contribution >= 4 is 33.6 Å². The van der Waals surface area contributed by atoms with Crippen LogP contribution in [0.1, 0.15) is 60.3 Å². The number of halogens is 2. The average Bonchev–Trinajstić information content (AvgIpc) is 3.46. The van der Waals surface area contributed by atoms with Gasteiger partial charge in [-0.2, -0.15) is 0 Å². The van der Waals surface area contributed by atoms with Gasteiger partial charge in [0.15, 0.2) is 5.13 Å². The van der Waals surface area contributed by atoms with Gasteiger partial charge in [0.25, 0.3) is 0 Å². The van der Waals surface area contributed by atoms with Crippen LogP contribution in [0.15, 0.2) is 35.6 Å². The second-order valence-electron chi connectivity index (χ2n) is 8.39. The minimum atomic E-state index is -0.161. The SMILES string of the molecule is COC1=C(C)C=C(c2nc(NC(CC3CC3)c3ccc(C)c(F)c3)sc2C)C(Cl)C1. The summed E-state index contributed by atoms with van der Waals surface area (Å²) in [6, 6.07) is 5.60. The number of allylic oxidation sites excluding steroid dienone is 4. The van der Waals surface area contributed by atoms with Crippen LogP contribution in [-0.2, 0) is 4.74 Å². The van der Waals surface area contributed by atoms with Crippen molar-refractivity contribution in [3.8, 4) is 0 Å². The molecule has 0 bridgehead atoms. The fraction of sp³-hybridized carbons (Fsp3) is 0.458. The molecule has 1 fully saturated rings. The van der Waals surface area contributed by atoms with Crippen LogP contribution in [-0.4, -0.2) is 17.5 Å². The van der Waals surface area contributed by atoms with E-state index in [9.17, 15) is 4.39 Å². The Labute approximate surface area is 187 Å². The molecule has 160 valence electrons. The molecule has 0 spiro atoms. The number of anilines is 1. The van der Waals surface area contributed by atoms with Gasteiger partial charge in [0.1, 0.15) is 11.6 Å². The molecule has 0 aliphatic heterocycles. The first kappa shape index (κ1) is 21.4. The van der Waals surface area contributed by atoms with Crippen molar-refractivity contribution in [2.45, 2.75) is 57.9 Å². The van der Waals surface area contributed by atoms with E-state index in [-0.39, 0.29) is 17.2 Å². The Balaban J connectivity index is 1.61. The molecule has 2 aliphatic carbocycles. The van der Waals surface area contributed by atoms with Crippen molar-refractivity contribution in [1.82, 2.24) is 4.98 Å². The van der Waals surface area contributed by atoms with Crippen LogP contribution >= 0.6 is 22.9 Å². The third kappa shape index (κ3) is 4.57. The molecule has 2 unspecified atom stereocenters. The molecule has 3 nitrogen and oxygen atoms in total. The number of nitrogens with one attached hydrogen (secondary N) is 1. The number of aromatic nitrogens is 1. The summed E-state index contributed by atoms with van der Waals surface area (Å²) < 4.78 is 19.7. The maximum Gasteiger partial charge on any atom is 0.183 e. The predicted molar refractivity (Wildman–Crippen MR) is 124 cm³/mol. The van der Waals surface area contributed by atoms with Gasteiger partial charge in [-0.05, 0) is 67.5 Å². The molecule has 4 rings (SSSR count). The van der Waals surface area contributed by atoms with Crippen LogP contribution < -0.4 is 5.32 Å². The Bertz CT molecular complexity index is 1010. The molecule has 0 amide bonds. The number of ether oxygens (including phenoxy) is 1. The highest BCUT2D eigenvalue weighted by Gasteiger charge is 2.29. The summed E-state index contributed by atoms with van der Waals surface area (Å²) in [7, 11) is 1.69. The Morgan fingerprint density at radius 3 is 2.73 bits per heavy atom. The first-order valence-electron chi connectivity index (χ1n) is 10.5. The topological polar surface area (TPSA) is 34.1 Å². The number of nitrogens with zero attached hydrogens (tertiary/aromatic N) is 1. The fourth-order valence-corrected chi connectivity index (χ4v) is 5.16. The number of aryl methyl sites for hydroxylation is 2. The number of rotatable bonds is 7. The largest absolute Gasteiger partial charge is 0.501 e. The number of methoxy groups -OCH3 is 1. The molecule has 1 N–H and O–H groups in total. The molecule has 1 heterocycles. The highest BCUT2D eigenvalue weighted by molar-refractivity contribution is 7.15. The number of benzene rings is 1. The van der Waals surface area contributed by atoms with Gasteiger partial charge in [-0.15, -0.1) is 22.9 Å². The van der Waals surface area contributed by atoms with E-state index >= 15 is 0 Å². The summed E-state index contributed by atoms with van der Waals surface area (Å²) in [6.07, 6.45) is 6.26. The van der Waals surface area contributed by atoms with Gasteiger partial charge < -0.3 is 10.1 Å². The predicted octanol–water partition coefficient (Wildman–Crippen LogP) is 7.17. The second kappa shape index (κ2) is 8.72. The van der Waals surface area contributed by atoms with E-state index in [0.29, 0.717) is 17.9 Å². The molecular weight excluding hydrogens is 419 g/mol. The zero-order chi connectivity index (χ0) is 21.4. The lowest BCUT2D eigenvalue weighted by Crippen LogP contribution is -2.13. The van der Waals surface area contributed by atoms with E-state index in [1.54, 1.807) is 31.4 Å². The molecule has 1 saturated carbocycles. The lowest BCUT2D eigenvalue weighted by molar-refractivity contribution is 0.274. The van der Waals surface area contributed by atoms with E-state index in [0.717, 1.165) is 44.6 Å². The Morgan fingerprint density at radius 2 is 2.07 bits per heavy atom. The number of hydrogen-bond acceptors (Lipinski definition) is 4. The molecule has 0 radical (unpaired) electrons. The number of thiazole rings is 1. The third-order valence-electron chi connectivity index (χ3n) is 5.99. The standard InChI is InChI=1S/C24H28ClFN2OS/c1-13-5-8-17(11-20(13)26)21(10-16-6-7-16)27-24-28-23(15(3)30-24)18-9-14(2)22(29-4)12-19(18)25/h5,8-9,11,16,19,21H,6-7,10,12H2,1-4H3,(H,27,28). The average molecular weight is 447 g/mol. The van der Waals surface area contributed by atoms with Gasteiger partial charge in [0, 0.05) is 11.3 Å². The Hall–Kier alpha value is -1.85. The van der Waals surface area contributed by atoms with Crippen molar-refractivity contribution in [2.24, 2.45) is 5.92 Å². The van der Waals surface area contributed by atoms with Crippen molar-refractivity contribution < 1.29 is 9.13 Å². The maximum absolute atomic E-state index is 14.2. The highest BCUT2D eigenvalue weighted by Crippen LogP contribution is 2.41. The zero-order valence-corrected chi connectivity index (χ0v) is 19.5. The van der Waals surface area contributed by atoms with Crippen LogP contribution in [0.3, 0.4) is 0 Å². The van der Waals surface area contributed by atoms with Gasteiger partial charge in [0.05, 0.1) is 24.2 Å². The van der Waals surface area contributed by atoms with Crippen molar-refractivity contribution in [2.75, 3.05) is 12.4 Å². The number of alkyl halides is 1. The van der Waals surface area contributed by atoms with E-state index in [1.807, 2.05) is 19.1 Å². The van der Waals surface area contributed by atoms with Crippen LogP contribution in [0.25, 0.3) is 5.57 Å². The molecule has 0 saturated heterocycles. The first-order valence-corrected chi connectivity index (χ1v) is 11.7. The normalized spacial score (nSPS) is 20.2. The summed E-state index contributed by atoms with van der Waals surface area (Å²) >= 11 is 8.30. The van der Waals surface area contributed by atoms with Gasteiger partial charge >= 0.3 is 0 Å². The Kier molecular flexibility index (Phi) is 6.21. The van der Waals surface area contributed by atoms with E-state index in [4.69, 9.17) is 21.3 Å². The van der Waals surface area contributed by atoms with Gasteiger partial charge in [0.2, 0.25) is 0 Å². The van der Waals surface area contributed by atoms with E-state index in [2.05, 4.69) is 18.3 Å². The van der Waals surface area contributed by atoms with Gasteiger partial charge in [-0.3, -0.25) is 0 Å². The van der Waals surface area contributed by atoms with Crippen LogP contribution in [0, 0.1) is 25.6 Å². The number of hydrogen-bond donors (Lipinski definition) is 1. The minimum absolute atomic E-state index is 0.0554. The molecule has 2 atom stereocenters. The summed E-state index contributed by atoms with van der Waals surface area (Å²) in [6.45, 7) is 5.92.